The van der Waals surface area contributed by atoms with Gasteiger partial charge in [-0.25, -0.2) is 19.2 Å². The summed E-state index contributed by atoms with van der Waals surface area (Å²) in [7, 11) is 5.97. The van der Waals surface area contributed by atoms with Crippen LogP contribution >= 0.6 is 0 Å². The summed E-state index contributed by atoms with van der Waals surface area (Å²) >= 11 is 0. The summed E-state index contributed by atoms with van der Waals surface area (Å²) in [6, 6.07) is 51.2. The van der Waals surface area contributed by atoms with E-state index < -0.39 is 23.5 Å². The molecule has 1 aliphatic heterocycles. The summed E-state index contributed by atoms with van der Waals surface area (Å²) in [4.78, 5) is 58.6. The van der Waals surface area contributed by atoms with Crippen LogP contribution in [0.25, 0.3) is 77.6 Å². The zero-order chi connectivity index (χ0) is 57.1. The third kappa shape index (κ3) is 7.68. The van der Waals surface area contributed by atoms with E-state index in [-0.39, 0.29) is 64.3 Å². The van der Waals surface area contributed by atoms with Crippen LogP contribution < -0.4 is 38.8 Å². The van der Waals surface area contributed by atoms with E-state index >= 15 is 4.79 Å². The smallest absolute Gasteiger partial charge is 0.361 e. The molecule has 13 nitrogen and oxygen atoms in total. The van der Waals surface area contributed by atoms with Crippen LogP contribution in [-0.4, -0.2) is 50.9 Å². The second-order valence-corrected chi connectivity index (χ2v) is 21.3. The normalized spacial score (nSPS) is 12.7. The molecule has 9 aromatic carbocycles. The summed E-state index contributed by atoms with van der Waals surface area (Å²) in [6.07, 6.45) is 2.34. The van der Waals surface area contributed by atoms with E-state index in [1.54, 1.807) is 42.5 Å². The van der Waals surface area contributed by atoms with Crippen molar-refractivity contribution in [2.24, 2.45) is 0 Å². The molecule has 15 rings (SSSR count). The molecule has 0 atom stereocenters. The summed E-state index contributed by atoms with van der Waals surface area (Å²) in [6.45, 7) is 0.220. The first-order valence-corrected chi connectivity index (χ1v) is 27.6. The van der Waals surface area contributed by atoms with Crippen LogP contribution in [0.1, 0.15) is 70.0 Å². The Morgan fingerprint density at radius 1 is 0.440 bits per heavy atom. The first-order chi connectivity index (χ1) is 41.1. The van der Waals surface area contributed by atoms with Gasteiger partial charge in [0, 0.05) is 56.8 Å². The highest BCUT2D eigenvalue weighted by Gasteiger charge is 2.36. The fourth-order valence-electron chi connectivity index (χ4n) is 13.3. The number of aromatic nitrogens is 1. The van der Waals surface area contributed by atoms with Gasteiger partial charge in [-0.3, -0.25) is 0 Å². The topological polar surface area (TPSA) is 151 Å². The van der Waals surface area contributed by atoms with Gasteiger partial charge >= 0.3 is 23.5 Å². The van der Waals surface area contributed by atoms with Crippen LogP contribution in [0.5, 0.6) is 40.2 Å². The quantitative estimate of drug-likeness (QED) is 0.0689. The summed E-state index contributed by atoms with van der Waals surface area (Å²) in [5.74, 6) is -0.497. The summed E-state index contributed by atoms with van der Waals surface area (Å²) in [5, 5.41) is 0.919. The zero-order valence-electron chi connectivity index (χ0n) is 46.0. The molecule has 0 bridgehead atoms. The Balaban J connectivity index is 0.905. The number of aryl methyl sites for hydroxylation is 1. The standard InChI is InChI=1S/C71H49NO12/c1-77-55-33-43(26-27-53(55)81-68(73)48-23-11-17-40-30-37-14-5-8-20-44(37)59(40)48)62-63-52-35-56(78-2)57(83-69(74)49-24-12-18-41-31-38-15-6-9-21-45(38)60(41)49)36-54(52)82-71(76)65(63)72-29-28-47-51(64(62)72)34-58(79-3)67(80-4)66(47)84-70(75)50-25-13-19-42-32-39-16-7-10-22-46(39)61(42)50/h5-27,33-36H,28-32H2,1-4H3. The molecule has 0 spiro atoms. The highest BCUT2D eigenvalue weighted by Crippen LogP contribution is 2.54. The van der Waals surface area contributed by atoms with E-state index in [0.717, 1.165) is 66.8 Å². The molecule has 13 heteroatoms. The fraction of sp³-hybridized carbons (Fsp3) is 0.127. The first kappa shape index (κ1) is 50.3. The molecule has 410 valence electrons. The minimum atomic E-state index is -0.673. The number of ether oxygens (including phenoxy) is 7. The molecule has 0 N–H and O–H groups in total. The minimum absolute atomic E-state index is 0.0356. The molecular weight excluding hydrogens is 1060 g/mol. The van der Waals surface area contributed by atoms with Gasteiger partial charge in [0.05, 0.1) is 50.8 Å². The molecular formula is C71H49NO12. The lowest BCUT2D eigenvalue weighted by Gasteiger charge is -2.26. The van der Waals surface area contributed by atoms with E-state index in [2.05, 4.69) is 18.2 Å². The van der Waals surface area contributed by atoms with Gasteiger partial charge in [0.2, 0.25) is 5.75 Å². The number of esters is 3. The average Bonchev–Trinajstić information content (AvgIpc) is 1.81. The molecule has 4 aliphatic rings. The van der Waals surface area contributed by atoms with Gasteiger partial charge in [-0.15, -0.1) is 0 Å². The first-order valence-electron chi connectivity index (χ1n) is 27.6. The van der Waals surface area contributed by atoms with Crippen molar-refractivity contribution < 1.29 is 52.0 Å². The van der Waals surface area contributed by atoms with E-state index in [4.69, 9.17) is 37.6 Å². The number of rotatable bonds is 11. The molecule has 3 heterocycles. The number of nitrogens with zero attached hydrogens (tertiary/aromatic N) is 1. The maximum Gasteiger partial charge on any atom is 0.361 e. The summed E-state index contributed by atoms with van der Waals surface area (Å²) in [5.41, 5.74) is 15.5. The Morgan fingerprint density at radius 3 is 1.48 bits per heavy atom. The highest BCUT2D eigenvalue weighted by atomic mass is 16.6. The molecule has 2 aromatic heterocycles. The number of carbonyl (C=O) groups is 3. The molecule has 0 amide bonds. The summed E-state index contributed by atoms with van der Waals surface area (Å²) < 4.78 is 51.5. The van der Waals surface area contributed by atoms with E-state index in [1.807, 2.05) is 102 Å². The molecule has 0 radical (unpaired) electrons. The second-order valence-electron chi connectivity index (χ2n) is 21.3. The van der Waals surface area contributed by atoms with Gasteiger partial charge in [-0.2, -0.15) is 0 Å². The van der Waals surface area contributed by atoms with Crippen molar-refractivity contribution in [1.82, 2.24) is 4.57 Å². The van der Waals surface area contributed by atoms with Crippen molar-refractivity contribution in [3.05, 3.63) is 230 Å². The predicted octanol–water partition coefficient (Wildman–Crippen LogP) is 14.0. The number of carbonyl (C=O) groups excluding carboxylic acids is 3. The predicted molar refractivity (Wildman–Crippen MR) is 318 cm³/mol. The van der Waals surface area contributed by atoms with Crippen molar-refractivity contribution in [1.29, 1.82) is 0 Å². The number of hydrogen-bond acceptors (Lipinski definition) is 12. The Bertz CT molecular complexity index is 4770. The Kier molecular flexibility index (Phi) is 11.7. The monoisotopic (exact) mass is 1110 g/mol. The van der Waals surface area contributed by atoms with Crippen molar-refractivity contribution >= 4 is 39.8 Å². The van der Waals surface area contributed by atoms with Crippen LogP contribution in [0.4, 0.5) is 0 Å². The van der Waals surface area contributed by atoms with Crippen LogP contribution in [0.15, 0.2) is 173 Å². The SMILES string of the molecule is COc1cc(-c2c3n(c4c(=O)oc5cc(OC(=O)c6cccc7c6-c6ccccc6C7)c(OC)cc5c24)CCc2c-3cc(OC)c(OC)c2OC(=O)c2cccc3c2-c2ccccc2C3)ccc1OC(=O)c1cccc2c1-c1ccccc1C2. The van der Waals surface area contributed by atoms with Crippen LogP contribution in [0.3, 0.4) is 0 Å². The average molecular weight is 1110 g/mol. The maximum atomic E-state index is 15.0. The molecule has 0 saturated heterocycles. The zero-order valence-corrected chi connectivity index (χ0v) is 46.0. The van der Waals surface area contributed by atoms with Gasteiger partial charge in [0.1, 0.15) is 11.1 Å². The third-order valence-electron chi connectivity index (χ3n) is 16.9. The van der Waals surface area contributed by atoms with Gasteiger partial charge in [0.25, 0.3) is 0 Å². The molecule has 84 heavy (non-hydrogen) atoms. The van der Waals surface area contributed by atoms with Crippen LogP contribution in [0, 0.1) is 0 Å². The van der Waals surface area contributed by atoms with E-state index in [0.29, 0.717) is 74.7 Å². The number of benzene rings is 9. The molecule has 11 aromatic rings. The van der Waals surface area contributed by atoms with Gasteiger partial charge < -0.3 is 42.1 Å². The lowest BCUT2D eigenvalue weighted by molar-refractivity contribution is 0.0719. The molecule has 0 unspecified atom stereocenters. The van der Waals surface area contributed by atoms with Crippen molar-refractivity contribution in [2.75, 3.05) is 28.4 Å². The lowest BCUT2D eigenvalue weighted by Crippen LogP contribution is -2.18. The van der Waals surface area contributed by atoms with Gasteiger partial charge in [-0.05, 0) is 124 Å². The van der Waals surface area contributed by atoms with Crippen molar-refractivity contribution in [2.45, 2.75) is 32.2 Å². The third-order valence-corrected chi connectivity index (χ3v) is 16.9. The number of fused-ring (bicyclic) bond motifs is 16. The number of methoxy groups -OCH3 is 4. The Labute approximate surface area is 480 Å². The highest BCUT2D eigenvalue weighted by molar-refractivity contribution is 6.17. The second kappa shape index (κ2) is 19.5. The molecule has 0 saturated carbocycles. The van der Waals surface area contributed by atoms with E-state index in [9.17, 15) is 14.4 Å². The fourth-order valence-corrected chi connectivity index (χ4v) is 13.3. The Morgan fingerprint density at radius 2 is 0.940 bits per heavy atom. The van der Waals surface area contributed by atoms with Crippen molar-refractivity contribution in [3.63, 3.8) is 0 Å². The van der Waals surface area contributed by atoms with Gasteiger partial charge in [0.15, 0.2) is 34.5 Å². The van der Waals surface area contributed by atoms with Gasteiger partial charge in [-0.1, -0.05) is 115 Å². The maximum absolute atomic E-state index is 15.0. The molecule has 3 aliphatic carbocycles. The minimum Gasteiger partial charge on any atom is -0.493 e. The Hall–Kier alpha value is -10.7. The number of hydrogen-bond donors (Lipinski definition) is 0. The largest absolute Gasteiger partial charge is 0.493 e. The van der Waals surface area contributed by atoms with Crippen LogP contribution in [-0.2, 0) is 32.2 Å². The van der Waals surface area contributed by atoms with Crippen LogP contribution in [0.2, 0.25) is 0 Å². The van der Waals surface area contributed by atoms with E-state index in [1.165, 1.54) is 34.5 Å². The lowest BCUT2D eigenvalue weighted by atomic mass is 9.90. The van der Waals surface area contributed by atoms with Crippen molar-refractivity contribution in [3.8, 4) is 96.0 Å². The molecule has 0 fully saturated rings.